The molecule has 0 aliphatic heterocycles. The lowest BCUT2D eigenvalue weighted by atomic mass is 9.90. The van der Waals surface area contributed by atoms with Crippen LogP contribution in [0.3, 0.4) is 0 Å². The average molecular weight is 165 g/mol. The summed E-state index contributed by atoms with van der Waals surface area (Å²) in [5, 5.41) is 9.12. The molecule has 0 aliphatic rings. The molecule has 0 aliphatic carbocycles. The van der Waals surface area contributed by atoms with Gasteiger partial charge in [0.25, 0.3) is 0 Å². The van der Waals surface area contributed by atoms with Gasteiger partial charge in [0, 0.05) is 18.3 Å². The first-order valence-corrected chi connectivity index (χ1v) is 4.26. The van der Waals surface area contributed by atoms with Gasteiger partial charge in [0.05, 0.1) is 6.61 Å². The van der Waals surface area contributed by atoms with E-state index in [0.717, 1.165) is 5.56 Å². The summed E-state index contributed by atoms with van der Waals surface area (Å²) in [6, 6.07) is 3.91. The van der Waals surface area contributed by atoms with Crippen molar-refractivity contribution >= 4 is 0 Å². The first-order chi connectivity index (χ1) is 5.75. The topological polar surface area (TPSA) is 33.1 Å². The van der Waals surface area contributed by atoms with E-state index in [1.165, 1.54) is 0 Å². The van der Waals surface area contributed by atoms with Crippen LogP contribution in [0.1, 0.15) is 25.3 Å². The highest BCUT2D eigenvalue weighted by molar-refractivity contribution is 5.15. The number of hydrogen-bond donors (Lipinski definition) is 1. The number of aliphatic hydroxyl groups excluding tert-OH is 1. The van der Waals surface area contributed by atoms with Crippen LogP contribution in [-0.2, 0) is 0 Å². The molecule has 0 bridgehead atoms. The molecule has 2 heteroatoms. The van der Waals surface area contributed by atoms with Crippen LogP contribution in [0.15, 0.2) is 24.5 Å². The third-order valence-electron chi connectivity index (χ3n) is 2.11. The predicted molar refractivity (Wildman–Crippen MR) is 48.9 cm³/mol. The fraction of sp³-hybridized carbons (Fsp3) is 0.500. The molecule has 1 unspecified atom stereocenters. The SMILES string of the molecule is CC(C)C(CO)c1cccnc1. The van der Waals surface area contributed by atoms with Gasteiger partial charge in [-0.15, -0.1) is 0 Å². The summed E-state index contributed by atoms with van der Waals surface area (Å²) < 4.78 is 0. The highest BCUT2D eigenvalue weighted by atomic mass is 16.3. The predicted octanol–water partition coefficient (Wildman–Crippen LogP) is 1.81. The van der Waals surface area contributed by atoms with Crippen molar-refractivity contribution < 1.29 is 5.11 Å². The van der Waals surface area contributed by atoms with Crippen molar-refractivity contribution in [1.29, 1.82) is 0 Å². The minimum Gasteiger partial charge on any atom is -0.396 e. The summed E-state index contributed by atoms with van der Waals surface area (Å²) in [4.78, 5) is 4.02. The molecule has 0 fully saturated rings. The number of rotatable bonds is 3. The monoisotopic (exact) mass is 165 g/mol. The maximum Gasteiger partial charge on any atom is 0.0502 e. The molecule has 0 spiro atoms. The highest BCUT2D eigenvalue weighted by Crippen LogP contribution is 2.22. The van der Waals surface area contributed by atoms with E-state index in [4.69, 9.17) is 5.11 Å². The second-order valence-electron chi connectivity index (χ2n) is 3.32. The van der Waals surface area contributed by atoms with Crippen molar-refractivity contribution in [2.45, 2.75) is 19.8 Å². The molecule has 1 N–H and O–H groups in total. The lowest BCUT2D eigenvalue weighted by Gasteiger charge is -2.17. The quantitative estimate of drug-likeness (QED) is 0.741. The molecule has 0 radical (unpaired) electrons. The Hall–Kier alpha value is -0.890. The van der Waals surface area contributed by atoms with Crippen LogP contribution in [0, 0.1) is 5.92 Å². The molecule has 1 aromatic heterocycles. The van der Waals surface area contributed by atoms with Gasteiger partial charge in [-0.3, -0.25) is 4.98 Å². The molecule has 66 valence electrons. The van der Waals surface area contributed by atoms with Gasteiger partial charge in [0.1, 0.15) is 0 Å². The van der Waals surface area contributed by atoms with Crippen LogP contribution in [0.4, 0.5) is 0 Å². The number of pyridine rings is 1. The van der Waals surface area contributed by atoms with E-state index >= 15 is 0 Å². The van der Waals surface area contributed by atoms with Gasteiger partial charge in [0.15, 0.2) is 0 Å². The van der Waals surface area contributed by atoms with Gasteiger partial charge in [-0.2, -0.15) is 0 Å². The molecule has 2 nitrogen and oxygen atoms in total. The molecular formula is C10H15NO. The fourth-order valence-electron chi connectivity index (χ4n) is 1.30. The van der Waals surface area contributed by atoms with Crippen molar-refractivity contribution in [1.82, 2.24) is 4.98 Å². The number of nitrogens with zero attached hydrogens (tertiary/aromatic N) is 1. The molecule has 1 heterocycles. The van der Waals surface area contributed by atoms with Gasteiger partial charge in [-0.1, -0.05) is 19.9 Å². The van der Waals surface area contributed by atoms with E-state index in [0.29, 0.717) is 5.92 Å². The second kappa shape index (κ2) is 4.21. The number of aliphatic hydroxyl groups is 1. The number of aromatic nitrogens is 1. The lowest BCUT2D eigenvalue weighted by Crippen LogP contribution is -2.11. The lowest BCUT2D eigenvalue weighted by molar-refractivity contribution is 0.237. The number of hydrogen-bond acceptors (Lipinski definition) is 2. The van der Waals surface area contributed by atoms with Crippen molar-refractivity contribution in [2.75, 3.05) is 6.61 Å². The summed E-state index contributed by atoms with van der Waals surface area (Å²) in [7, 11) is 0. The van der Waals surface area contributed by atoms with Crippen LogP contribution >= 0.6 is 0 Å². The van der Waals surface area contributed by atoms with Crippen molar-refractivity contribution in [3.63, 3.8) is 0 Å². The van der Waals surface area contributed by atoms with Crippen LogP contribution < -0.4 is 0 Å². The minimum atomic E-state index is 0.198. The minimum absolute atomic E-state index is 0.198. The van der Waals surface area contributed by atoms with Gasteiger partial charge in [-0.05, 0) is 17.5 Å². The van der Waals surface area contributed by atoms with Gasteiger partial charge in [0.2, 0.25) is 0 Å². The Labute approximate surface area is 73.3 Å². The normalized spacial score (nSPS) is 13.3. The first kappa shape index (κ1) is 9.20. The standard InChI is InChI=1S/C10H15NO/c1-8(2)10(7-12)9-4-3-5-11-6-9/h3-6,8,10,12H,7H2,1-2H3. The zero-order chi connectivity index (χ0) is 8.97. The van der Waals surface area contributed by atoms with E-state index in [-0.39, 0.29) is 12.5 Å². The van der Waals surface area contributed by atoms with Crippen LogP contribution in [0.5, 0.6) is 0 Å². The van der Waals surface area contributed by atoms with E-state index in [1.54, 1.807) is 6.20 Å². The molecule has 1 atom stereocenters. The molecule has 0 saturated carbocycles. The third-order valence-corrected chi connectivity index (χ3v) is 2.11. The summed E-state index contributed by atoms with van der Waals surface area (Å²) in [5.41, 5.74) is 1.12. The second-order valence-corrected chi connectivity index (χ2v) is 3.32. The zero-order valence-corrected chi connectivity index (χ0v) is 7.57. The van der Waals surface area contributed by atoms with E-state index in [9.17, 15) is 0 Å². The van der Waals surface area contributed by atoms with E-state index < -0.39 is 0 Å². The maximum atomic E-state index is 9.12. The Balaban J connectivity index is 2.80. The Morgan fingerprint density at radius 1 is 1.50 bits per heavy atom. The smallest absolute Gasteiger partial charge is 0.0502 e. The molecular weight excluding hydrogens is 150 g/mol. The van der Waals surface area contributed by atoms with E-state index in [1.807, 2.05) is 18.3 Å². The van der Waals surface area contributed by atoms with Crippen LogP contribution in [0.2, 0.25) is 0 Å². The van der Waals surface area contributed by atoms with Crippen molar-refractivity contribution in [3.8, 4) is 0 Å². The van der Waals surface area contributed by atoms with Crippen molar-refractivity contribution in [2.24, 2.45) is 5.92 Å². The molecule has 0 amide bonds. The Morgan fingerprint density at radius 2 is 2.25 bits per heavy atom. The molecule has 1 aromatic rings. The Kier molecular flexibility index (Phi) is 3.23. The summed E-state index contributed by atoms with van der Waals surface area (Å²) >= 11 is 0. The summed E-state index contributed by atoms with van der Waals surface area (Å²) in [6.45, 7) is 4.41. The van der Waals surface area contributed by atoms with Crippen LogP contribution in [0.25, 0.3) is 0 Å². The largest absolute Gasteiger partial charge is 0.396 e. The molecule has 12 heavy (non-hydrogen) atoms. The van der Waals surface area contributed by atoms with Gasteiger partial charge >= 0.3 is 0 Å². The zero-order valence-electron chi connectivity index (χ0n) is 7.57. The van der Waals surface area contributed by atoms with Crippen molar-refractivity contribution in [3.05, 3.63) is 30.1 Å². The maximum absolute atomic E-state index is 9.12. The van der Waals surface area contributed by atoms with Gasteiger partial charge in [-0.25, -0.2) is 0 Å². The van der Waals surface area contributed by atoms with Crippen LogP contribution in [-0.4, -0.2) is 16.7 Å². The fourth-order valence-corrected chi connectivity index (χ4v) is 1.30. The molecule has 1 rings (SSSR count). The summed E-state index contributed by atoms with van der Waals surface area (Å²) in [5.74, 6) is 0.679. The summed E-state index contributed by atoms with van der Waals surface area (Å²) in [6.07, 6.45) is 3.57. The highest BCUT2D eigenvalue weighted by Gasteiger charge is 2.13. The first-order valence-electron chi connectivity index (χ1n) is 4.26. The average Bonchev–Trinajstić information content (AvgIpc) is 2.07. The van der Waals surface area contributed by atoms with Gasteiger partial charge < -0.3 is 5.11 Å². The molecule has 0 saturated heterocycles. The third kappa shape index (κ3) is 2.05. The molecule has 0 aromatic carbocycles. The Morgan fingerprint density at radius 3 is 2.67 bits per heavy atom. The Bertz CT molecular complexity index is 221. The van der Waals surface area contributed by atoms with E-state index in [2.05, 4.69) is 18.8 Å².